The number of hydrogen-bond acceptors (Lipinski definition) is 4. The van der Waals surface area contributed by atoms with E-state index in [0.717, 1.165) is 10.7 Å². The van der Waals surface area contributed by atoms with Crippen LogP contribution >= 0.6 is 11.3 Å². The molecule has 5 heteroatoms. The fraction of sp³-hybridized carbons (Fsp3) is 0.750. The Morgan fingerprint density at radius 3 is 2.38 bits per heavy atom. The summed E-state index contributed by atoms with van der Waals surface area (Å²) in [5, 5.41) is 6.06. The lowest BCUT2D eigenvalue weighted by atomic mass is 9.96. The van der Waals surface area contributed by atoms with E-state index in [1.807, 2.05) is 20.8 Å². The summed E-state index contributed by atoms with van der Waals surface area (Å²) >= 11 is 1.68. The van der Waals surface area contributed by atoms with Gasteiger partial charge >= 0.3 is 6.09 Å². The van der Waals surface area contributed by atoms with E-state index in [2.05, 4.69) is 38.4 Å². The zero-order chi connectivity index (χ0) is 16.2. The van der Waals surface area contributed by atoms with Crippen molar-refractivity contribution in [3.63, 3.8) is 0 Å². The predicted octanol–water partition coefficient (Wildman–Crippen LogP) is 4.53. The second kappa shape index (κ2) is 7.25. The molecular formula is C16H28N2O2S. The smallest absolute Gasteiger partial charge is 0.407 e. The molecule has 1 aromatic rings. The van der Waals surface area contributed by atoms with Gasteiger partial charge in [-0.2, -0.15) is 0 Å². The third-order valence-corrected chi connectivity index (χ3v) is 4.11. The van der Waals surface area contributed by atoms with Crippen LogP contribution in [0.2, 0.25) is 0 Å². The minimum absolute atomic E-state index is 0.218. The van der Waals surface area contributed by atoms with Crippen LogP contribution in [-0.2, 0) is 4.74 Å². The standard InChI is InChI=1S/C16H28N2O2S/c1-10(2)12(8-17-15(19)20-16(5,6)7)14-18-13(9-21-14)11(3)4/h9-12H,8H2,1-7H3,(H,17,19). The summed E-state index contributed by atoms with van der Waals surface area (Å²) in [5.41, 5.74) is 0.654. The van der Waals surface area contributed by atoms with E-state index in [-0.39, 0.29) is 12.0 Å². The number of nitrogens with zero attached hydrogens (tertiary/aromatic N) is 1. The van der Waals surface area contributed by atoms with Gasteiger partial charge in [0, 0.05) is 17.8 Å². The molecule has 4 nitrogen and oxygen atoms in total. The zero-order valence-corrected chi connectivity index (χ0v) is 15.0. The van der Waals surface area contributed by atoms with Gasteiger partial charge < -0.3 is 10.1 Å². The number of hydrogen-bond donors (Lipinski definition) is 1. The van der Waals surface area contributed by atoms with Crippen LogP contribution in [0, 0.1) is 5.92 Å². The molecule has 0 saturated carbocycles. The first-order chi connectivity index (χ1) is 9.60. The lowest BCUT2D eigenvalue weighted by Gasteiger charge is -2.22. The molecule has 0 saturated heterocycles. The molecule has 120 valence electrons. The molecule has 1 atom stereocenters. The number of alkyl carbamates (subject to hydrolysis) is 1. The normalized spacial score (nSPS) is 13.6. The van der Waals surface area contributed by atoms with Crippen LogP contribution in [0.15, 0.2) is 5.38 Å². The highest BCUT2D eigenvalue weighted by Crippen LogP contribution is 2.29. The molecule has 1 rings (SSSR count). The highest BCUT2D eigenvalue weighted by Gasteiger charge is 2.22. The molecule has 1 heterocycles. The Morgan fingerprint density at radius 1 is 1.33 bits per heavy atom. The molecule has 1 N–H and O–H groups in total. The molecule has 1 amide bonds. The first kappa shape index (κ1) is 18.0. The van der Waals surface area contributed by atoms with Gasteiger partial charge in [-0.05, 0) is 32.6 Å². The van der Waals surface area contributed by atoms with E-state index < -0.39 is 5.60 Å². The summed E-state index contributed by atoms with van der Waals surface area (Å²) < 4.78 is 5.28. The Labute approximate surface area is 132 Å². The van der Waals surface area contributed by atoms with Gasteiger partial charge in [-0.3, -0.25) is 0 Å². The molecule has 1 unspecified atom stereocenters. The van der Waals surface area contributed by atoms with Crippen LogP contribution in [0.3, 0.4) is 0 Å². The number of nitrogens with one attached hydrogen (secondary N) is 1. The van der Waals surface area contributed by atoms with Crippen molar-refractivity contribution in [1.29, 1.82) is 0 Å². The average Bonchev–Trinajstić information content (AvgIpc) is 2.75. The first-order valence-corrected chi connectivity index (χ1v) is 8.40. The average molecular weight is 312 g/mol. The first-order valence-electron chi connectivity index (χ1n) is 7.52. The van der Waals surface area contributed by atoms with Gasteiger partial charge in [-0.15, -0.1) is 11.3 Å². The summed E-state index contributed by atoms with van der Waals surface area (Å²) in [6.45, 7) is 14.7. The molecular weight excluding hydrogens is 284 g/mol. The summed E-state index contributed by atoms with van der Waals surface area (Å²) in [5.74, 6) is 1.06. The largest absolute Gasteiger partial charge is 0.444 e. The van der Waals surface area contributed by atoms with Crippen molar-refractivity contribution in [2.75, 3.05) is 6.54 Å². The molecule has 0 fully saturated rings. The van der Waals surface area contributed by atoms with Crippen LogP contribution < -0.4 is 5.32 Å². The molecule has 0 aliphatic rings. The number of aromatic nitrogens is 1. The van der Waals surface area contributed by atoms with E-state index in [1.165, 1.54) is 0 Å². The Bertz CT molecular complexity index is 461. The van der Waals surface area contributed by atoms with Gasteiger partial charge in [0.1, 0.15) is 5.60 Å². The van der Waals surface area contributed by atoms with Crippen molar-refractivity contribution >= 4 is 17.4 Å². The fourth-order valence-corrected chi connectivity index (χ4v) is 3.11. The number of carbonyl (C=O) groups excluding carboxylic acids is 1. The van der Waals surface area contributed by atoms with Crippen LogP contribution in [0.4, 0.5) is 4.79 Å². The highest BCUT2D eigenvalue weighted by atomic mass is 32.1. The molecule has 0 aliphatic heterocycles. The van der Waals surface area contributed by atoms with E-state index >= 15 is 0 Å². The van der Waals surface area contributed by atoms with Crippen molar-refractivity contribution in [3.05, 3.63) is 16.1 Å². The number of amides is 1. The lowest BCUT2D eigenvalue weighted by Crippen LogP contribution is -2.35. The van der Waals surface area contributed by atoms with Crippen molar-refractivity contribution in [2.24, 2.45) is 5.92 Å². The van der Waals surface area contributed by atoms with E-state index in [0.29, 0.717) is 18.4 Å². The molecule has 1 aromatic heterocycles. The third kappa shape index (κ3) is 6.04. The summed E-state index contributed by atoms with van der Waals surface area (Å²) in [7, 11) is 0. The number of rotatable bonds is 5. The zero-order valence-electron chi connectivity index (χ0n) is 14.2. The van der Waals surface area contributed by atoms with Crippen LogP contribution in [0.25, 0.3) is 0 Å². The minimum atomic E-state index is -0.469. The Balaban J connectivity index is 2.68. The maximum Gasteiger partial charge on any atom is 0.407 e. The second-order valence-corrected chi connectivity index (χ2v) is 7.89. The molecule has 0 aromatic carbocycles. The minimum Gasteiger partial charge on any atom is -0.444 e. The summed E-state index contributed by atoms with van der Waals surface area (Å²) in [6, 6.07) is 0. The fourth-order valence-electron chi connectivity index (χ4n) is 1.85. The van der Waals surface area contributed by atoms with E-state index in [4.69, 9.17) is 9.72 Å². The van der Waals surface area contributed by atoms with Crippen molar-refractivity contribution in [1.82, 2.24) is 10.3 Å². The van der Waals surface area contributed by atoms with Gasteiger partial charge in [0.15, 0.2) is 0 Å². The maximum atomic E-state index is 11.8. The van der Waals surface area contributed by atoms with Crippen molar-refractivity contribution < 1.29 is 9.53 Å². The predicted molar refractivity (Wildman–Crippen MR) is 88.0 cm³/mol. The Morgan fingerprint density at radius 2 is 1.95 bits per heavy atom. The molecule has 0 aliphatic carbocycles. The van der Waals surface area contributed by atoms with Crippen molar-refractivity contribution in [2.45, 2.75) is 65.9 Å². The van der Waals surface area contributed by atoms with Crippen LogP contribution in [0.1, 0.15) is 71.0 Å². The van der Waals surface area contributed by atoms with Gasteiger partial charge in [0.05, 0.1) is 10.7 Å². The van der Waals surface area contributed by atoms with E-state index in [9.17, 15) is 4.79 Å². The number of ether oxygens (including phenoxy) is 1. The summed E-state index contributed by atoms with van der Waals surface area (Å²) in [6.07, 6.45) is -0.367. The van der Waals surface area contributed by atoms with Gasteiger partial charge in [0.2, 0.25) is 0 Å². The van der Waals surface area contributed by atoms with Gasteiger partial charge in [0.25, 0.3) is 0 Å². The monoisotopic (exact) mass is 312 g/mol. The Hall–Kier alpha value is -1.10. The molecule has 0 radical (unpaired) electrons. The Kier molecular flexibility index (Phi) is 6.20. The third-order valence-electron chi connectivity index (χ3n) is 3.12. The second-order valence-electron chi connectivity index (χ2n) is 7.00. The summed E-state index contributed by atoms with van der Waals surface area (Å²) in [4.78, 5) is 16.5. The van der Waals surface area contributed by atoms with Crippen LogP contribution in [-0.4, -0.2) is 23.2 Å². The number of thiazole rings is 1. The van der Waals surface area contributed by atoms with E-state index in [1.54, 1.807) is 11.3 Å². The lowest BCUT2D eigenvalue weighted by molar-refractivity contribution is 0.0522. The molecule has 21 heavy (non-hydrogen) atoms. The quantitative estimate of drug-likeness (QED) is 0.869. The topological polar surface area (TPSA) is 51.2 Å². The van der Waals surface area contributed by atoms with Crippen LogP contribution in [0.5, 0.6) is 0 Å². The van der Waals surface area contributed by atoms with Gasteiger partial charge in [-0.25, -0.2) is 9.78 Å². The number of carbonyl (C=O) groups is 1. The highest BCUT2D eigenvalue weighted by molar-refractivity contribution is 7.09. The molecule has 0 bridgehead atoms. The van der Waals surface area contributed by atoms with Gasteiger partial charge in [-0.1, -0.05) is 27.7 Å². The molecule has 0 spiro atoms. The SMILES string of the molecule is CC(C)c1csc(C(CNC(=O)OC(C)(C)C)C(C)C)n1. The van der Waals surface area contributed by atoms with Crippen molar-refractivity contribution in [3.8, 4) is 0 Å². The maximum absolute atomic E-state index is 11.8.